The van der Waals surface area contributed by atoms with Crippen LogP contribution < -0.4 is 9.64 Å². The minimum Gasteiger partial charge on any atom is -0.497 e. The van der Waals surface area contributed by atoms with Crippen LogP contribution >= 0.6 is 11.5 Å². The van der Waals surface area contributed by atoms with Gasteiger partial charge in [0.2, 0.25) is 5.13 Å². The number of aromatic nitrogens is 2. The molecule has 4 rings (SSSR count). The number of rotatable bonds is 3. The maximum absolute atomic E-state index is 12.4. The van der Waals surface area contributed by atoms with E-state index in [1.807, 2.05) is 54.6 Å². The molecule has 146 valence electrons. The predicted octanol–water partition coefficient (Wildman–Crippen LogP) is 2.91. The Balaban J connectivity index is 1.34. The molecule has 1 aliphatic rings. The number of nitrogens with zero attached hydrogens (tertiary/aromatic N) is 4. The number of piperazine rings is 1. The van der Waals surface area contributed by atoms with Gasteiger partial charge in [-0.3, -0.25) is 4.79 Å². The minimum absolute atomic E-state index is 0.150. The fourth-order valence-corrected chi connectivity index (χ4v) is 3.77. The van der Waals surface area contributed by atoms with Crippen molar-refractivity contribution >= 4 is 22.6 Å². The zero-order valence-corrected chi connectivity index (χ0v) is 16.9. The monoisotopic (exact) mass is 404 g/mol. The summed E-state index contributed by atoms with van der Waals surface area (Å²) in [6.45, 7) is 2.69. The second-order valence-electron chi connectivity index (χ2n) is 6.52. The van der Waals surface area contributed by atoms with Crippen molar-refractivity contribution in [1.29, 1.82) is 0 Å². The van der Waals surface area contributed by atoms with E-state index in [2.05, 4.69) is 26.1 Å². The molecule has 1 amide bonds. The smallest absolute Gasteiger partial charge is 0.298 e. The zero-order valence-electron chi connectivity index (χ0n) is 16.0. The summed E-state index contributed by atoms with van der Waals surface area (Å²) in [5.41, 5.74) is 1.80. The number of ether oxygens (including phenoxy) is 1. The Kier molecular flexibility index (Phi) is 5.73. The first-order valence-corrected chi connectivity index (χ1v) is 10.1. The summed E-state index contributed by atoms with van der Waals surface area (Å²) in [6.07, 6.45) is 0. The van der Waals surface area contributed by atoms with E-state index < -0.39 is 0 Å². The molecule has 29 heavy (non-hydrogen) atoms. The zero-order chi connectivity index (χ0) is 20.1. The van der Waals surface area contributed by atoms with Gasteiger partial charge < -0.3 is 14.5 Å². The van der Waals surface area contributed by atoms with Crippen LogP contribution in [0.15, 0.2) is 54.6 Å². The summed E-state index contributed by atoms with van der Waals surface area (Å²) in [6, 6.07) is 17.3. The quantitative estimate of drug-likeness (QED) is 0.629. The van der Waals surface area contributed by atoms with Crippen LogP contribution in [-0.2, 0) is 4.79 Å². The van der Waals surface area contributed by atoms with Crippen LogP contribution in [0.4, 0.5) is 5.13 Å². The molecule has 0 atom stereocenters. The van der Waals surface area contributed by atoms with E-state index in [-0.39, 0.29) is 5.91 Å². The van der Waals surface area contributed by atoms with Gasteiger partial charge in [0, 0.05) is 54.8 Å². The van der Waals surface area contributed by atoms with E-state index in [0.29, 0.717) is 13.1 Å². The lowest BCUT2D eigenvalue weighted by atomic mass is 10.2. The van der Waals surface area contributed by atoms with Crippen LogP contribution in [0.1, 0.15) is 5.56 Å². The van der Waals surface area contributed by atoms with Gasteiger partial charge in [-0.15, -0.1) is 0 Å². The van der Waals surface area contributed by atoms with Gasteiger partial charge in [0.1, 0.15) is 5.75 Å². The number of hydrogen-bond acceptors (Lipinski definition) is 6. The summed E-state index contributed by atoms with van der Waals surface area (Å²) in [7, 11) is 1.62. The first-order chi connectivity index (χ1) is 14.2. The van der Waals surface area contributed by atoms with E-state index in [9.17, 15) is 4.79 Å². The van der Waals surface area contributed by atoms with Gasteiger partial charge in [0.15, 0.2) is 5.82 Å². The van der Waals surface area contributed by atoms with Crippen LogP contribution in [0.25, 0.3) is 11.4 Å². The SMILES string of the molecule is COc1ccc(C#CC(=O)N2CCN(c3nc(-c4ccccc4)ns3)CC2)cc1. The maximum atomic E-state index is 12.4. The van der Waals surface area contributed by atoms with Crippen LogP contribution in [0.5, 0.6) is 5.75 Å². The fourth-order valence-electron chi connectivity index (χ4n) is 3.03. The Bertz CT molecular complexity index is 1030. The average Bonchev–Trinajstić information content (AvgIpc) is 3.29. The number of anilines is 1. The van der Waals surface area contributed by atoms with Gasteiger partial charge in [0.25, 0.3) is 5.91 Å². The molecule has 6 nitrogen and oxygen atoms in total. The van der Waals surface area contributed by atoms with Crippen LogP contribution in [-0.4, -0.2) is 53.5 Å². The molecule has 1 fully saturated rings. The second-order valence-corrected chi connectivity index (χ2v) is 7.25. The highest BCUT2D eigenvalue weighted by Crippen LogP contribution is 2.24. The molecule has 7 heteroatoms. The predicted molar refractivity (Wildman–Crippen MR) is 114 cm³/mol. The highest BCUT2D eigenvalue weighted by Gasteiger charge is 2.22. The Morgan fingerprint density at radius 3 is 2.45 bits per heavy atom. The molecule has 0 radical (unpaired) electrons. The molecule has 1 aliphatic heterocycles. The number of methoxy groups -OCH3 is 1. The lowest BCUT2D eigenvalue weighted by Crippen LogP contribution is -2.48. The Hall–Kier alpha value is -3.37. The van der Waals surface area contributed by atoms with E-state index in [0.717, 1.165) is 40.9 Å². The van der Waals surface area contributed by atoms with Crippen molar-refractivity contribution in [1.82, 2.24) is 14.3 Å². The molecular weight excluding hydrogens is 384 g/mol. The van der Waals surface area contributed by atoms with Crippen molar-refractivity contribution in [2.75, 3.05) is 38.2 Å². The van der Waals surface area contributed by atoms with Gasteiger partial charge >= 0.3 is 0 Å². The van der Waals surface area contributed by atoms with Crippen molar-refractivity contribution in [3.8, 4) is 29.0 Å². The van der Waals surface area contributed by atoms with E-state index in [4.69, 9.17) is 4.74 Å². The van der Waals surface area contributed by atoms with Gasteiger partial charge in [0.05, 0.1) is 7.11 Å². The molecule has 1 aromatic heterocycles. The van der Waals surface area contributed by atoms with E-state index >= 15 is 0 Å². The number of carbonyl (C=O) groups is 1. The molecule has 0 spiro atoms. The molecular formula is C22H20N4O2S. The third-order valence-corrected chi connectivity index (χ3v) is 5.47. The third kappa shape index (κ3) is 4.55. The third-order valence-electron chi connectivity index (χ3n) is 4.69. The summed E-state index contributed by atoms with van der Waals surface area (Å²) >= 11 is 1.39. The molecule has 2 heterocycles. The first-order valence-electron chi connectivity index (χ1n) is 9.32. The summed E-state index contributed by atoms with van der Waals surface area (Å²) in [5, 5.41) is 0.889. The Labute approximate surface area is 173 Å². The van der Waals surface area contributed by atoms with Gasteiger partial charge in [-0.2, -0.15) is 9.36 Å². The van der Waals surface area contributed by atoms with Crippen molar-refractivity contribution < 1.29 is 9.53 Å². The van der Waals surface area contributed by atoms with Crippen LogP contribution in [0.3, 0.4) is 0 Å². The number of carbonyl (C=O) groups excluding carboxylic acids is 1. The molecule has 1 saturated heterocycles. The van der Waals surface area contributed by atoms with Crippen LogP contribution in [0.2, 0.25) is 0 Å². The number of amides is 1. The molecule has 2 aromatic carbocycles. The summed E-state index contributed by atoms with van der Waals surface area (Å²) < 4.78 is 9.59. The number of hydrogen-bond donors (Lipinski definition) is 0. The maximum Gasteiger partial charge on any atom is 0.298 e. The topological polar surface area (TPSA) is 58.6 Å². The van der Waals surface area contributed by atoms with E-state index in [1.54, 1.807) is 12.0 Å². The fraction of sp³-hybridized carbons (Fsp3) is 0.227. The minimum atomic E-state index is -0.150. The molecule has 0 bridgehead atoms. The van der Waals surface area contributed by atoms with Gasteiger partial charge in [-0.05, 0) is 24.3 Å². The van der Waals surface area contributed by atoms with Crippen molar-refractivity contribution in [2.24, 2.45) is 0 Å². The van der Waals surface area contributed by atoms with Crippen molar-refractivity contribution in [2.45, 2.75) is 0 Å². The van der Waals surface area contributed by atoms with Crippen LogP contribution in [0, 0.1) is 11.8 Å². The standard InChI is InChI=1S/C22H20N4O2S/c1-28-19-10-7-17(8-11-19)9-12-20(27)25-13-15-26(16-14-25)22-23-21(24-29-22)18-5-3-2-4-6-18/h2-8,10-11H,13-16H2,1H3. The van der Waals surface area contributed by atoms with E-state index in [1.165, 1.54) is 11.5 Å². The number of benzene rings is 2. The molecule has 0 N–H and O–H groups in total. The molecule has 3 aromatic rings. The highest BCUT2D eigenvalue weighted by atomic mass is 32.1. The first kappa shape index (κ1) is 19.0. The normalized spacial score (nSPS) is 13.6. The van der Waals surface area contributed by atoms with Gasteiger partial charge in [-0.25, -0.2) is 0 Å². The molecule has 0 unspecified atom stereocenters. The molecule has 0 aliphatic carbocycles. The highest BCUT2D eigenvalue weighted by molar-refractivity contribution is 7.09. The second kappa shape index (κ2) is 8.76. The van der Waals surface area contributed by atoms with Gasteiger partial charge in [-0.1, -0.05) is 36.3 Å². The largest absolute Gasteiger partial charge is 0.497 e. The lowest BCUT2D eigenvalue weighted by Gasteiger charge is -2.33. The van der Waals surface area contributed by atoms with Crippen molar-refractivity contribution in [3.63, 3.8) is 0 Å². The summed E-state index contributed by atoms with van der Waals surface area (Å²) in [5.74, 6) is 7.03. The lowest BCUT2D eigenvalue weighted by molar-refractivity contribution is -0.125. The van der Waals surface area contributed by atoms with Crippen molar-refractivity contribution in [3.05, 3.63) is 60.2 Å². The molecule has 0 saturated carbocycles. The Morgan fingerprint density at radius 2 is 1.76 bits per heavy atom. The average molecular weight is 404 g/mol. The Morgan fingerprint density at radius 1 is 1.03 bits per heavy atom. The summed E-state index contributed by atoms with van der Waals surface area (Å²) in [4.78, 5) is 21.0.